The summed E-state index contributed by atoms with van der Waals surface area (Å²) in [6, 6.07) is 8.33. The maximum atomic E-state index is 12.4. The number of nitrogens with zero attached hydrogens (tertiary/aromatic N) is 1. The zero-order chi connectivity index (χ0) is 17.7. The summed E-state index contributed by atoms with van der Waals surface area (Å²) in [6.45, 7) is 5.76. The van der Waals surface area contributed by atoms with Gasteiger partial charge in [0.25, 0.3) is 11.8 Å². The van der Waals surface area contributed by atoms with Gasteiger partial charge in [0, 0.05) is 28.5 Å². The van der Waals surface area contributed by atoms with E-state index >= 15 is 0 Å². The molecule has 1 aromatic carbocycles. The van der Waals surface area contributed by atoms with Crippen molar-refractivity contribution in [2.45, 2.75) is 33.2 Å². The smallest absolute Gasteiger partial charge is 0.270 e. The van der Waals surface area contributed by atoms with Crippen LogP contribution in [0.2, 0.25) is 5.02 Å². The third-order valence-corrected chi connectivity index (χ3v) is 3.92. The topological polar surface area (TPSA) is 71.1 Å². The Morgan fingerprint density at radius 1 is 1.21 bits per heavy atom. The minimum Gasteiger partial charge on any atom is -0.348 e. The van der Waals surface area contributed by atoms with Gasteiger partial charge in [-0.05, 0) is 56.2 Å². The molecule has 0 fully saturated rings. The molecule has 1 heterocycles. The summed E-state index contributed by atoms with van der Waals surface area (Å²) in [5.41, 5.74) is 2.12. The molecule has 1 unspecified atom stereocenters. The number of carbonyl (C=O) groups is 2. The Morgan fingerprint density at radius 2 is 1.96 bits per heavy atom. The number of hydrogen-bond donors (Lipinski definition) is 2. The number of pyridine rings is 1. The molecule has 2 amide bonds. The van der Waals surface area contributed by atoms with Crippen LogP contribution in [0, 0.1) is 6.92 Å². The quantitative estimate of drug-likeness (QED) is 0.865. The lowest BCUT2D eigenvalue weighted by Crippen LogP contribution is -2.32. The molecule has 0 saturated carbocycles. The van der Waals surface area contributed by atoms with Crippen molar-refractivity contribution in [1.29, 1.82) is 0 Å². The lowest BCUT2D eigenvalue weighted by molar-refractivity contribution is 0.0934. The van der Waals surface area contributed by atoms with E-state index in [1.807, 2.05) is 20.8 Å². The highest BCUT2D eigenvalue weighted by atomic mass is 35.5. The van der Waals surface area contributed by atoms with Crippen molar-refractivity contribution < 1.29 is 9.59 Å². The summed E-state index contributed by atoms with van der Waals surface area (Å²) in [5.74, 6) is -0.595. The van der Waals surface area contributed by atoms with Crippen LogP contribution in [0.25, 0.3) is 0 Å². The highest BCUT2D eigenvalue weighted by molar-refractivity contribution is 6.30. The van der Waals surface area contributed by atoms with Gasteiger partial charge in [0.2, 0.25) is 0 Å². The molecular weight excluding hydrogens is 326 g/mol. The van der Waals surface area contributed by atoms with Gasteiger partial charge in [-0.1, -0.05) is 18.5 Å². The van der Waals surface area contributed by atoms with E-state index in [1.54, 1.807) is 24.3 Å². The maximum Gasteiger partial charge on any atom is 0.270 e. The van der Waals surface area contributed by atoms with Gasteiger partial charge in [-0.25, -0.2) is 0 Å². The average molecular weight is 346 g/mol. The third kappa shape index (κ3) is 4.55. The van der Waals surface area contributed by atoms with Gasteiger partial charge < -0.3 is 10.6 Å². The zero-order valence-electron chi connectivity index (χ0n) is 13.9. The van der Waals surface area contributed by atoms with Gasteiger partial charge in [0.1, 0.15) is 5.69 Å². The summed E-state index contributed by atoms with van der Waals surface area (Å²) in [6.07, 6.45) is 2.27. The molecular formula is C18H20ClN3O2. The number of nitrogens with one attached hydrogen (secondary N) is 2. The Kier molecular flexibility index (Phi) is 5.93. The van der Waals surface area contributed by atoms with E-state index in [0.717, 1.165) is 12.0 Å². The Hall–Kier alpha value is -2.40. The molecule has 0 saturated heterocycles. The van der Waals surface area contributed by atoms with Gasteiger partial charge in [-0.2, -0.15) is 0 Å². The fraction of sp³-hybridized carbons (Fsp3) is 0.278. The summed E-state index contributed by atoms with van der Waals surface area (Å²) < 4.78 is 0. The van der Waals surface area contributed by atoms with Crippen LogP contribution >= 0.6 is 11.6 Å². The first-order valence-electron chi connectivity index (χ1n) is 7.75. The van der Waals surface area contributed by atoms with Crippen molar-refractivity contribution in [1.82, 2.24) is 10.3 Å². The maximum absolute atomic E-state index is 12.4. The highest BCUT2D eigenvalue weighted by Crippen LogP contribution is 2.20. The first-order chi connectivity index (χ1) is 11.4. The number of hydrogen-bond acceptors (Lipinski definition) is 3. The molecule has 0 bridgehead atoms. The van der Waals surface area contributed by atoms with E-state index in [2.05, 4.69) is 15.6 Å². The molecule has 6 heteroatoms. The van der Waals surface area contributed by atoms with Crippen molar-refractivity contribution in [2.24, 2.45) is 0 Å². The lowest BCUT2D eigenvalue weighted by atomic mass is 10.1. The van der Waals surface area contributed by atoms with Crippen LogP contribution in [-0.4, -0.2) is 22.8 Å². The van der Waals surface area contributed by atoms with Crippen LogP contribution in [0.5, 0.6) is 0 Å². The second kappa shape index (κ2) is 7.93. The molecule has 0 radical (unpaired) electrons. The Morgan fingerprint density at radius 3 is 2.62 bits per heavy atom. The minimum absolute atomic E-state index is 0.0495. The van der Waals surface area contributed by atoms with Gasteiger partial charge in [-0.3, -0.25) is 14.6 Å². The van der Waals surface area contributed by atoms with Crippen molar-refractivity contribution in [2.75, 3.05) is 5.32 Å². The van der Waals surface area contributed by atoms with Crippen LogP contribution < -0.4 is 10.6 Å². The summed E-state index contributed by atoms with van der Waals surface area (Å²) in [5, 5.41) is 6.25. The fourth-order valence-electron chi connectivity index (χ4n) is 2.06. The van der Waals surface area contributed by atoms with E-state index in [-0.39, 0.29) is 23.6 Å². The van der Waals surface area contributed by atoms with Gasteiger partial charge in [0.15, 0.2) is 0 Å². The Balaban J connectivity index is 2.15. The third-order valence-electron chi connectivity index (χ3n) is 3.68. The fourth-order valence-corrected chi connectivity index (χ4v) is 2.28. The molecule has 126 valence electrons. The number of benzene rings is 1. The van der Waals surface area contributed by atoms with Crippen LogP contribution in [-0.2, 0) is 0 Å². The first-order valence-corrected chi connectivity index (χ1v) is 8.13. The summed E-state index contributed by atoms with van der Waals surface area (Å²) >= 11 is 5.91. The normalized spacial score (nSPS) is 11.7. The number of carbonyl (C=O) groups excluding carboxylic acids is 2. The predicted molar refractivity (Wildman–Crippen MR) is 95.6 cm³/mol. The monoisotopic (exact) mass is 345 g/mol. The predicted octanol–water partition coefficient (Wildman–Crippen LogP) is 3.82. The van der Waals surface area contributed by atoms with Crippen LogP contribution in [0.15, 0.2) is 36.5 Å². The minimum atomic E-state index is -0.305. The molecule has 2 aromatic rings. The number of anilines is 1. The van der Waals surface area contributed by atoms with E-state index in [9.17, 15) is 9.59 Å². The van der Waals surface area contributed by atoms with Gasteiger partial charge in [-0.15, -0.1) is 0 Å². The highest BCUT2D eigenvalue weighted by Gasteiger charge is 2.14. The molecule has 0 aliphatic heterocycles. The Bertz CT molecular complexity index is 762. The van der Waals surface area contributed by atoms with Gasteiger partial charge >= 0.3 is 0 Å². The molecule has 0 aliphatic rings. The second-order valence-electron chi connectivity index (χ2n) is 5.63. The van der Waals surface area contributed by atoms with E-state index in [4.69, 9.17) is 11.6 Å². The molecule has 2 N–H and O–H groups in total. The first kappa shape index (κ1) is 17.9. The molecule has 1 atom stereocenters. The number of halogens is 1. The number of amides is 2. The lowest BCUT2D eigenvalue weighted by Gasteiger charge is -2.12. The van der Waals surface area contributed by atoms with Crippen LogP contribution in [0.3, 0.4) is 0 Å². The summed E-state index contributed by atoms with van der Waals surface area (Å²) in [4.78, 5) is 28.6. The largest absolute Gasteiger partial charge is 0.348 e. The number of rotatable bonds is 5. The van der Waals surface area contributed by atoms with E-state index in [0.29, 0.717) is 16.3 Å². The standard InChI is InChI=1S/C18H20ClN3O2/c1-4-12(3)21-18(24)16-10-13(7-8-20-16)17(23)22-15-6-5-14(19)9-11(15)2/h5-10,12H,4H2,1-3H3,(H,21,24)(H,22,23). The van der Waals surface area contributed by atoms with Crippen molar-refractivity contribution >= 4 is 29.1 Å². The molecule has 0 aliphatic carbocycles. The SMILES string of the molecule is CCC(C)NC(=O)c1cc(C(=O)Nc2ccc(Cl)cc2C)ccn1. The van der Waals surface area contributed by atoms with Crippen LogP contribution in [0.4, 0.5) is 5.69 Å². The second-order valence-corrected chi connectivity index (χ2v) is 6.06. The van der Waals surface area contributed by atoms with E-state index < -0.39 is 0 Å². The molecule has 0 spiro atoms. The average Bonchev–Trinajstić information content (AvgIpc) is 2.57. The molecule has 24 heavy (non-hydrogen) atoms. The van der Waals surface area contributed by atoms with Crippen molar-refractivity contribution in [3.63, 3.8) is 0 Å². The van der Waals surface area contributed by atoms with E-state index in [1.165, 1.54) is 12.3 Å². The molecule has 2 rings (SSSR count). The molecule has 5 nitrogen and oxygen atoms in total. The van der Waals surface area contributed by atoms with Crippen molar-refractivity contribution in [3.05, 3.63) is 58.4 Å². The van der Waals surface area contributed by atoms with Gasteiger partial charge in [0.05, 0.1) is 0 Å². The van der Waals surface area contributed by atoms with Crippen LogP contribution in [0.1, 0.15) is 46.7 Å². The number of aromatic nitrogens is 1. The molecule has 1 aromatic heterocycles. The number of aryl methyl sites for hydroxylation is 1. The Labute approximate surface area is 146 Å². The zero-order valence-corrected chi connectivity index (χ0v) is 14.6. The van der Waals surface area contributed by atoms with Crippen molar-refractivity contribution in [3.8, 4) is 0 Å². The summed E-state index contributed by atoms with van der Waals surface area (Å²) in [7, 11) is 0.